The second kappa shape index (κ2) is 6.89. The van der Waals surface area contributed by atoms with Gasteiger partial charge in [0, 0.05) is 15.6 Å². The van der Waals surface area contributed by atoms with Crippen LogP contribution in [-0.2, 0) is 11.3 Å². The number of hydrogen-bond donors (Lipinski definition) is 1. The summed E-state index contributed by atoms with van der Waals surface area (Å²) in [6, 6.07) is 11.5. The van der Waals surface area contributed by atoms with Crippen molar-refractivity contribution in [3.05, 3.63) is 68.5 Å². The minimum atomic E-state index is -0.427. The number of nitrogens with zero attached hydrogens (tertiary/aromatic N) is 1. The summed E-state index contributed by atoms with van der Waals surface area (Å²) >= 11 is 12.8. The summed E-state index contributed by atoms with van der Waals surface area (Å²) < 4.78 is 0. The highest BCUT2D eigenvalue weighted by Gasteiger charge is 2.35. The predicted molar refractivity (Wildman–Crippen MR) is 96.1 cm³/mol. The van der Waals surface area contributed by atoms with E-state index in [-0.39, 0.29) is 22.4 Å². The molecule has 0 radical (unpaired) electrons. The summed E-state index contributed by atoms with van der Waals surface area (Å²) in [5, 5.41) is 10.4. The van der Waals surface area contributed by atoms with Crippen LogP contribution >= 0.6 is 35.0 Å². The van der Waals surface area contributed by atoms with E-state index < -0.39 is 5.91 Å². The number of aromatic hydroxyl groups is 1. The molecule has 24 heavy (non-hydrogen) atoms. The van der Waals surface area contributed by atoms with Crippen molar-refractivity contribution >= 4 is 52.2 Å². The van der Waals surface area contributed by atoms with Crippen LogP contribution < -0.4 is 0 Å². The van der Waals surface area contributed by atoms with E-state index in [1.165, 1.54) is 24.3 Å². The van der Waals surface area contributed by atoms with E-state index in [2.05, 4.69) is 0 Å². The van der Waals surface area contributed by atoms with E-state index in [0.717, 1.165) is 16.7 Å². The minimum Gasteiger partial charge on any atom is -0.507 e. The average Bonchev–Trinajstić information content (AvgIpc) is 2.80. The topological polar surface area (TPSA) is 57.6 Å². The first-order chi connectivity index (χ1) is 11.5. The van der Waals surface area contributed by atoms with E-state index in [4.69, 9.17) is 23.2 Å². The van der Waals surface area contributed by atoms with Gasteiger partial charge in [0.05, 0.1) is 11.4 Å². The average molecular weight is 380 g/mol. The minimum absolute atomic E-state index is 0.0164. The molecule has 122 valence electrons. The van der Waals surface area contributed by atoms with Gasteiger partial charge < -0.3 is 5.11 Å². The van der Waals surface area contributed by atoms with Crippen LogP contribution in [0.1, 0.15) is 11.1 Å². The van der Waals surface area contributed by atoms with E-state index >= 15 is 0 Å². The van der Waals surface area contributed by atoms with Crippen molar-refractivity contribution in [3.8, 4) is 5.75 Å². The van der Waals surface area contributed by atoms with E-state index in [1.54, 1.807) is 24.3 Å². The van der Waals surface area contributed by atoms with Crippen LogP contribution in [0.3, 0.4) is 0 Å². The molecular formula is C17H11Cl2NO3S. The maximum absolute atomic E-state index is 12.5. The van der Waals surface area contributed by atoms with Crippen molar-refractivity contribution in [2.75, 3.05) is 0 Å². The Bertz CT molecular complexity index is 867. The quantitative estimate of drug-likeness (QED) is 0.767. The summed E-state index contributed by atoms with van der Waals surface area (Å²) in [7, 11) is 0. The standard InChI is InChI=1S/C17H11Cl2NO3S/c18-12-5-6-14(21)11(7-12)8-15-16(22)20(17(23)24-15)9-10-3-1-2-4-13(10)19/h1-8,21H,9H2/b15-8-. The first-order valence-electron chi connectivity index (χ1n) is 6.93. The molecule has 0 spiro atoms. The number of benzene rings is 2. The van der Waals surface area contributed by atoms with Gasteiger partial charge in [-0.05, 0) is 47.7 Å². The molecular weight excluding hydrogens is 369 g/mol. The number of rotatable bonds is 3. The lowest BCUT2D eigenvalue weighted by Crippen LogP contribution is -2.27. The fraction of sp³-hybridized carbons (Fsp3) is 0.0588. The number of carbonyl (C=O) groups is 2. The van der Waals surface area contributed by atoms with Crippen LogP contribution in [0.25, 0.3) is 6.08 Å². The fourth-order valence-corrected chi connectivity index (χ4v) is 3.42. The SMILES string of the molecule is O=C1S/C(=C\c2cc(Cl)ccc2O)C(=O)N1Cc1ccccc1Cl. The number of phenols is 1. The lowest BCUT2D eigenvalue weighted by atomic mass is 10.1. The van der Waals surface area contributed by atoms with Crippen molar-refractivity contribution in [1.29, 1.82) is 0 Å². The Morgan fingerprint density at radius 2 is 1.88 bits per heavy atom. The molecule has 0 atom stereocenters. The van der Waals surface area contributed by atoms with Gasteiger partial charge >= 0.3 is 0 Å². The van der Waals surface area contributed by atoms with E-state index in [1.807, 2.05) is 0 Å². The Kier molecular flexibility index (Phi) is 4.85. The van der Waals surface area contributed by atoms with Crippen molar-refractivity contribution in [1.82, 2.24) is 4.90 Å². The number of thioether (sulfide) groups is 1. The Labute approximate surface area is 152 Å². The molecule has 2 aromatic carbocycles. The molecule has 0 bridgehead atoms. The molecule has 1 fully saturated rings. The second-order valence-electron chi connectivity index (χ2n) is 5.06. The maximum atomic E-state index is 12.5. The van der Waals surface area contributed by atoms with Gasteiger partial charge in [0.25, 0.3) is 11.1 Å². The number of halogens is 2. The summed E-state index contributed by atoms with van der Waals surface area (Å²) in [5.74, 6) is -0.443. The Morgan fingerprint density at radius 1 is 1.12 bits per heavy atom. The third kappa shape index (κ3) is 3.43. The summed E-state index contributed by atoms with van der Waals surface area (Å²) in [6.45, 7) is 0.100. The molecule has 0 aliphatic carbocycles. The molecule has 0 aromatic heterocycles. The lowest BCUT2D eigenvalue weighted by molar-refractivity contribution is -0.123. The van der Waals surface area contributed by atoms with Crippen molar-refractivity contribution in [2.45, 2.75) is 6.54 Å². The zero-order valence-electron chi connectivity index (χ0n) is 12.2. The number of phenolic OH excluding ortho intramolecular Hbond substituents is 1. The Hall–Kier alpha value is -1.95. The van der Waals surface area contributed by atoms with Gasteiger partial charge in [-0.1, -0.05) is 41.4 Å². The predicted octanol–water partition coefficient (Wildman–Crippen LogP) is 4.94. The van der Waals surface area contributed by atoms with Crippen LogP contribution in [0.2, 0.25) is 10.0 Å². The zero-order chi connectivity index (χ0) is 17.3. The molecule has 7 heteroatoms. The third-order valence-electron chi connectivity index (χ3n) is 3.44. The highest BCUT2D eigenvalue weighted by Crippen LogP contribution is 2.35. The largest absolute Gasteiger partial charge is 0.507 e. The molecule has 1 N–H and O–H groups in total. The van der Waals surface area contributed by atoms with Crippen LogP contribution in [0, 0.1) is 0 Å². The van der Waals surface area contributed by atoms with Crippen LogP contribution in [-0.4, -0.2) is 21.2 Å². The second-order valence-corrected chi connectivity index (χ2v) is 6.90. The summed E-state index contributed by atoms with van der Waals surface area (Å²) in [4.78, 5) is 26.0. The number of imide groups is 1. The van der Waals surface area contributed by atoms with Crippen LogP contribution in [0.4, 0.5) is 4.79 Å². The number of amides is 2. The Balaban J connectivity index is 1.88. The normalized spacial score (nSPS) is 16.2. The van der Waals surface area contributed by atoms with Crippen molar-refractivity contribution in [2.24, 2.45) is 0 Å². The monoisotopic (exact) mass is 379 g/mol. The molecule has 0 unspecified atom stereocenters. The van der Waals surface area contributed by atoms with Crippen LogP contribution in [0.15, 0.2) is 47.4 Å². The van der Waals surface area contributed by atoms with Gasteiger partial charge in [0.15, 0.2) is 0 Å². The molecule has 3 rings (SSSR count). The van der Waals surface area contributed by atoms with Gasteiger partial charge in [-0.25, -0.2) is 0 Å². The summed E-state index contributed by atoms with van der Waals surface area (Å²) in [5.41, 5.74) is 1.07. The molecule has 1 aliphatic rings. The molecule has 2 amide bonds. The van der Waals surface area contributed by atoms with Crippen molar-refractivity contribution < 1.29 is 14.7 Å². The molecule has 1 heterocycles. The van der Waals surface area contributed by atoms with Gasteiger partial charge in [0.1, 0.15) is 5.75 Å². The first kappa shape index (κ1) is 16.9. The van der Waals surface area contributed by atoms with Gasteiger partial charge in [-0.3, -0.25) is 14.5 Å². The van der Waals surface area contributed by atoms with E-state index in [0.29, 0.717) is 21.2 Å². The van der Waals surface area contributed by atoms with E-state index in [9.17, 15) is 14.7 Å². The Morgan fingerprint density at radius 3 is 2.62 bits per heavy atom. The van der Waals surface area contributed by atoms with Crippen LogP contribution in [0.5, 0.6) is 5.75 Å². The van der Waals surface area contributed by atoms with Gasteiger partial charge in [-0.15, -0.1) is 0 Å². The third-order valence-corrected chi connectivity index (χ3v) is 4.95. The highest BCUT2D eigenvalue weighted by molar-refractivity contribution is 8.18. The number of hydrogen-bond acceptors (Lipinski definition) is 4. The molecule has 1 aliphatic heterocycles. The molecule has 4 nitrogen and oxygen atoms in total. The smallest absolute Gasteiger partial charge is 0.293 e. The summed E-state index contributed by atoms with van der Waals surface area (Å²) in [6.07, 6.45) is 1.46. The first-order valence-corrected chi connectivity index (χ1v) is 8.50. The molecule has 0 saturated carbocycles. The number of carbonyl (C=O) groups excluding carboxylic acids is 2. The van der Waals surface area contributed by atoms with Crippen molar-refractivity contribution in [3.63, 3.8) is 0 Å². The maximum Gasteiger partial charge on any atom is 0.293 e. The molecule has 2 aromatic rings. The zero-order valence-corrected chi connectivity index (χ0v) is 14.5. The lowest BCUT2D eigenvalue weighted by Gasteiger charge is -2.13. The van der Waals surface area contributed by atoms with Gasteiger partial charge in [0.2, 0.25) is 0 Å². The fourth-order valence-electron chi connectivity index (χ4n) is 2.22. The van der Waals surface area contributed by atoms with Gasteiger partial charge in [-0.2, -0.15) is 0 Å². The highest BCUT2D eigenvalue weighted by atomic mass is 35.5. The molecule has 1 saturated heterocycles.